The maximum absolute atomic E-state index is 12.7. The largest absolute Gasteiger partial charge is 0.362 e. The smallest absolute Gasteiger partial charge is 0.241 e. The summed E-state index contributed by atoms with van der Waals surface area (Å²) in [5, 5.41) is 0. The molecule has 1 aromatic carbocycles. The third-order valence-corrected chi connectivity index (χ3v) is 4.89. The van der Waals surface area contributed by atoms with E-state index in [4.69, 9.17) is 4.74 Å². The molecule has 2 amide bonds. The highest BCUT2D eigenvalue weighted by atomic mass is 79.9. The molecule has 2 fully saturated rings. The van der Waals surface area contributed by atoms with Gasteiger partial charge in [0.15, 0.2) is 0 Å². The topological polar surface area (TPSA) is 46.6 Å². The van der Waals surface area contributed by atoms with Gasteiger partial charge < -0.3 is 4.74 Å². The summed E-state index contributed by atoms with van der Waals surface area (Å²) in [7, 11) is 0. The fourth-order valence-electron chi connectivity index (χ4n) is 3.52. The highest BCUT2D eigenvalue weighted by Gasteiger charge is 2.65. The molecular formula is C15H12BrNO3. The second-order valence-corrected chi connectivity index (χ2v) is 6.54. The van der Waals surface area contributed by atoms with E-state index in [1.165, 1.54) is 4.90 Å². The Morgan fingerprint density at radius 3 is 2.80 bits per heavy atom. The first kappa shape index (κ1) is 12.3. The SMILES string of the molecule is CC12C=CC(O1)C1C(=O)N(c3cccc(Br)c3)C(=O)C12. The van der Waals surface area contributed by atoms with Crippen LogP contribution in [0.25, 0.3) is 0 Å². The summed E-state index contributed by atoms with van der Waals surface area (Å²) in [5.41, 5.74) is -0.0187. The van der Waals surface area contributed by atoms with Gasteiger partial charge in [-0.1, -0.05) is 34.1 Å². The van der Waals surface area contributed by atoms with E-state index in [0.29, 0.717) is 5.69 Å². The number of amides is 2. The highest BCUT2D eigenvalue weighted by Crippen LogP contribution is 2.52. The van der Waals surface area contributed by atoms with Gasteiger partial charge in [-0.3, -0.25) is 9.59 Å². The van der Waals surface area contributed by atoms with Gasteiger partial charge in [-0.25, -0.2) is 4.90 Å². The summed E-state index contributed by atoms with van der Waals surface area (Å²) in [4.78, 5) is 26.6. The molecule has 5 heteroatoms. The van der Waals surface area contributed by atoms with Crippen molar-refractivity contribution >= 4 is 33.4 Å². The number of fused-ring (bicyclic) bond motifs is 5. The molecule has 4 rings (SSSR count). The molecule has 3 aliphatic heterocycles. The molecule has 4 atom stereocenters. The van der Waals surface area contributed by atoms with Gasteiger partial charge >= 0.3 is 0 Å². The van der Waals surface area contributed by atoms with E-state index in [0.717, 1.165) is 4.47 Å². The second kappa shape index (κ2) is 3.80. The lowest BCUT2D eigenvalue weighted by atomic mass is 9.78. The van der Waals surface area contributed by atoms with Crippen LogP contribution in [0.15, 0.2) is 40.9 Å². The van der Waals surface area contributed by atoms with Gasteiger partial charge in [0.05, 0.1) is 29.2 Å². The number of nitrogens with zero attached hydrogens (tertiary/aromatic N) is 1. The van der Waals surface area contributed by atoms with Gasteiger partial charge in [0.1, 0.15) is 0 Å². The Labute approximate surface area is 124 Å². The summed E-state index contributed by atoms with van der Waals surface area (Å²) >= 11 is 3.37. The predicted octanol–water partition coefficient (Wildman–Crippen LogP) is 2.28. The predicted molar refractivity (Wildman–Crippen MR) is 76.0 cm³/mol. The van der Waals surface area contributed by atoms with Crippen LogP contribution in [0.2, 0.25) is 0 Å². The van der Waals surface area contributed by atoms with Crippen LogP contribution in [-0.2, 0) is 14.3 Å². The van der Waals surface area contributed by atoms with Gasteiger partial charge in [-0.2, -0.15) is 0 Å². The zero-order valence-electron chi connectivity index (χ0n) is 10.7. The maximum Gasteiger partial charge on any atom is 0.241 e. The Kier molecular flexibility index (Phi) is 2.34. The lowest BCUT2D eigenvalue weighted by Crippen LogP contribution is -2.38. The minimum Gasteiger partial charge on any atom is -0.362 e. The van der Waals surface area contributed by atoms with Crippen molar-refractivity contribution in [2.24, 2.45) is 11.8 Å². The summed E-state index contributed by atoms with van der Waals surface area (Å²) in [6.45, 7) is 1.88. The van der Waals surface area contributed by atoms with Gasteiger partial charge in [-0.05, 0) is 25.1 Å². The van der Waals surface area contributed by atoms with Crippen LogP contribution >= 0.6 is 15.9 Å². The number of halogens is 1. The molecule has 3 heterocycles. The van der Waals surface area contributed by atoms with Crippen LogP contribution in [0.1, 0.15) is 6.92 Å². The number of carbonyl (C=O) groups excluding carboxylic acids is 2. The Hall–Kier alpha value is -1.46. The standard InChI is InChI=1S/C15H12BrNO3/c1-15-6-5-10(20-15)11-12(15)14(19)17(13(11)18)9-4-2-3-8(16)7-9/h2-7,10-12H,1H3. The van der Waals surface area contributed by atoms with E-state index < -0.39 is 11.5 Å². The molecular weight excluding hydrogens is 322 g/mol. The molecule has 1 aromatic rings. The zero-order valence-corrected chi connectivity index (χ0v) is 12.3. The van der Waals surface area contributed by atoms with Crippen LogP contribution in [0.3, 0.4) is 0 Å². The molecule has 0 saturated carbocycles. The molecule has 102 valence electrons. The number of carbonyl (C=O) groups is 2. The molecule has 0 radical (unpaired) electrons. The quantitative estimate of drug-likeness (QED) is 0.585. The van der Waals surface area contributed by atoms with E-state index in [-0.39, 0.29) is 23.8 Å². The number of benzene rings is 1. The van der Waals surface area contributed by atoms with E-state index in [1.807, 2.05) is 31.2 Å². The molecule has 0 N–H and O–H groups in total. The van der Waals surface area contributed by atoms with Crippen molar-refractivity contribution in [1.29, 1.82) is 0 Å². The normalized spacial score (nSPS) is 37.9. The Bertz CT molecular complexity index is 671. The number of hydrogen-bond donors (Lipinski definition) is 0. The van der Waals surface area contributed by atoms with Crippen LogP contribution in [-0.4, -0.2) is 23.5 Å². The van der Waals surface area contributed by atoms with Crippen LogP contribution in [0.5, 0.6) is 0 Å². The molecule has 3 aliphatic rings. The van der Waals surface area contributed by atoms with Gasteiger partial charge in [0, 0.05) is 4.47 Å². The monoisotopic (exact) mass is 333 g/mol. The molecule has 2 bridgehead atoms. The van der Waals surface area contributed by atoms with E-state index in [1.54, 1.807) is 12.1 Å². The molecule has 4 unspecified atom stereocenters. The Morgan fingerprint density at radius 2 is 2.10 bits per heavy atom. The van der Waals surface area contributed by atoms with Gasteiger partial charge in [-0.15, -0.1) is 0 Å². The number of rotatable bonds is 1. The third-order valence-electron chi connectivity index (χ3n) is 4.40. The average molecular weight is 334 g/mol. The van der Waals surface area contributed by atoms with Crippen molar-refractivity contribution < 1.29 is 14.3 Å². The highest BCUT2D eigenvalue weighted by molar-refractivity contribution is 9.10. The average Bonchev–Trinajstić information content (AvgIpc) is 2.99. The second-order valence-electron chi connectivity index (χ2n) is 5.62. The first-order valence-electron chi connectivity index (χ1n) is 6.52. The minimum absolute atomic E-state index is 0.156. The molecule has 0 aliphatic carbocycles. The summed E-state index contributed by atoms with van der Waals surface area (Å²) in [6, 6.07) is 7.25. The minimum atomic E-state index is -0.636. The Morgan fingerprint density at radius 1 is 1.30 bits per heavy atom. The maximum atomic E-state index is 12.7. The Balaban J connectivity index is 1.79. The molecule has 0 spiro atoms. The summed E-state index contributed by atoms with van der Waals surface area (Å²) < 4.78 is 6.63. The van der Waals surface area contributed by atoms with Crippen molar-refractivity contribution in [2.75, 3.05) is 4.90 Å². The zero-order chi connectivity index (χ0) is 14.1. The van der Waals surface area contributed by atoms with Crippen molar-refractivity contribution in [2.45, 2.75) is 18.6 Å². The lowest BCUT2D eigenvalue weighted by Gasteiger charge is -2.24. The third kappa shape index (κ3) is 1.39. The lowest BCUT2D eigenvalue weighted by molar-refractivity contribution is -0.126. The molecule has 0 aromatic heterocycles. The van der Waals surface area contributed by atoms with Crippen LogP contribution in [0, 0.1) is 11.8 Å². The van der Waals surface area contributed by atoms with Gasteiger partial charge in [0.25, 0.3) is 0 Å². The number of hydrogen-bond acceptors (Lipinski definition) is 3. The number of anilines is 1. The van der Waals surface area contributed by atoms with Crippen molar-refractivity contribution in [3.63, 3.8) is 0 Å². The summed E-state index contributed by atoms with van der Waals surface area (Å²) in [6.07, 6.45) is 3.55. The van der Waals surface area contributed by atoms with Crippen molar-refractivity contribution in [1.82, 2.24) is 0 Å². The molecule has 4 nitrogen and oxygen atoms in total. The number of ether oxygens (including phenoxy) is 1. The van der Waals surface area contributed by atoms with E-state index in [9.17, 15) is 9.59 Å². The van der Waals surface area contributed by atoms with Crippen LogP contribution < -0.4 is 4.90 Å². The molecule has 20 heavy (non-hydrogen) atoms. The van der Waals surface area contributed by atoms with E-state index >= 15 is 0 Å². The van der Waals surface area contributed by atoms with Gasteiger partial charge in [0.2, 0.25) is 11.8 Å². The summed E-state index contributed by atoms with van der Waals surface area (Å²) in [5.74, 6) is -1.09. The molecule has 2 saturated heterocycles. The first-order chi connectivity index (χ1) is 9.51. The van der Waals surface area contributed by atoms with E-state index in [2.05, 4.69) is 15.9 Å². The fourth-order valence-corrected chi connectivity index (χ4v) is 3.91. The number of imide groups is 1. The first-order valence-corrected chi connectivity index (χ1v) is 7.31. The van der Waals surface area contributed by atoms with Crippen LogP contribution in [0.4, 0.5) is 5.69 Å². The fraction of sp³-hybridized carbons (Fsp3) is 0.333. The van der Waals surface area contributed by atoms with Crippen molar-refractivity contribution in [3.05, 3.63) is 40.9 Å². The van der Waals surface area contributed by atoms with Crippen molar-refractivity contribution in [3.8, 4) is 0 Å².